The minimum absolute atomic E-state index is 0.0216. The van der Waals surface area contributed by atoms with Gasteiger partial charge in [-0.1, -0.05) is 71.9 Å². The molecule has 5 aromatic rings. The molecular weight excluding hydrogens is 668 g/mol. The standard InChI is InChI=1S/C25H26F2N2O.C17H18F2N2O/c1-24(2)18-11-13-25(24,3)22-21(18)23(30)29(20-10-9-17(26)15-19(20)27)28(22)14-12-16-7-5-4-6-8-16;1-16(2)10-6-7-17(16,3)14-13(10)15(22)21(20-14)12-5-4-9(18)8-11(12)19/h4-10,15,18H,11-14H2,1-3H3;4-5,8,10,20H,6-7H2,1-3H3/t18-,25+;10-,17+/m11/s1. The van der Waals surface area contributed by atoms with Crippen LogP contribution in [0.25, 0.3) is 11.4 Å². The van der Waals surface area contributed by atoms with E-state index in [1.54, 1.807) is 0 Å². The Morgan fingerprint density at radius 1 is 0.692 bits per heavy atom. The van der Waals surface area contributed by atoms with E-state index in [0.717, 1.165) is 78.4 Å². The smallest absolute Gasteiger partial charge is 0.275 e. The van der Waals surface area contributed by atoms with Crippen LogP contribution < -0.4 is 11.1 Å². The van der Waals surface area contributed by atoms with Crippen molar-refractivity contribution >= 4 is 0 Å². The molecule has 9 rings (SSSR count). The number of nitrogens with zero attached hydrogens (tertiary/aromatic N) is 3. The summed E-state index contributed by atoms with van der Waals surface area (Å²) in [6.07, 6.45) is 4.71. The molecule has 2 saturated carbocycles. The Morgan fingerprint density at radius 3 is 1.85 bits per heavy atom. The van der Waals surface area contributed by atoms with Crippen LogP contribution in [0.5, 0.6) is 0 Å². The topological polar surface area (TPSA) is 64.7 Å². The fourth-order valence-corrected chi connectivity index (χ4v) is 10.4. The Balaban J connectivity index is 0.000000156. The molecule has 272 valence electrons. The Labute approximate surface area is 300 Å². The summed E-state index contributed by atoms with van der Waals surface area (Å²) >= 11 is 0. The molecule has 0 saturated heterocycles. The minimum atomic E-state index is -0.737. The highest BCUT2D eigenvalue weighted by atomic mass is 19.1. The summed E-state index contributed by atoms with van der Waals surface area (Å²) in [5.74, 6) is -2.39. The lowest BCUT2D eigenvalue weighted by Gasteiger charge is -2.36. The monoisotopic (exact) mass is 712 g/mol. The van der Waals surface area contributed by atoms with Gasteiger partial charge in [-0.25, -0.2) is 26.9 Å². The summed E-state index contributed by atoms with van der Waals surface area (Å²) < 4.78 is 60.1. The van der Waals surface area contributed by atoms with Gasteiger partial charge in [-0.15, -0.1) is 0 Å². The van der Waals surface area contributed by atoms with Gasteiger partial charge in [0.1, 0.15) is 23.0 Å². The second-order valence-corrected chi connectivity index (χ2v) is 16.8. The lowest BCUT2D eigenvalue weighted by molar-refractivity contribution is 0.215. The average molecular weight is 713 g/mol. The second-order valence-electron chi connectivity index (χ2n) is 16.8. The van der Waals surface area contributed by atoms with E-state index in [1.807, 2.05) is 22.9 Å². The number of halogens is 4. The number of H-pyrrole nitrogens is 1. The summed E-state index contributed by atoms with van der Waals surface area (Å²) in [5, 5.41) is 3.11. The van der Waals surface area contributed by atoms with Crippen LogP contribution in [0, 0.1) is 34.1 Å². The van der Waals surface area contributed by atoms with Gasteiger partial charge in [-0.3, -0.25) is 19.4 Å². The number of nitrogens with one attached hydrogen (secondary N) is 1. The maximum Gasteiger partial charge on any atom is 0.275 e. The largest absolute Gasteiger partial charge is 0.294 e. The van der Waals surface area contributed by atoms with E-state index in [-0.39, 0.29) is 56.0 Å². The first-order valence-electron chi connectivity index (χ1n) is 18.2. The summed E-state index contributed by atoms with van der Waals surface area (Å²) in [4.78, 5) is 26.4. The van der Waals surface area contributed by atoms with Crippen molar-refractivity contribution in [1.82, 2.24) is 19.1 Å². The summed E-state index contributed by atoms with van der Waals surface area (Å²) in [5.41, 5.74) is 4.28. The fourth-order valence-electron chi connectivity index (χ4n) is 10.4. The zero-order valence-electron chi connectivity index (χ0n) is 30.4. The van der Waals surface area contributed by atoms with E-state index < -0.39 is 23.3 Å². The van der Waals surface area contributed by atoms with E-state index in [9.17, 15) is 27.2 Å². The van der Waals surface area contributed by atoms with Crippen molar-refractivity contribution < 1.29 is 17.6 Å². The third-order valence-electron chi connectivity index (χ3n) is 14.1. The number of aromatic nitrogens is 4. The average Bonchev–Trinajstić information content (AvgIpc) is 3.81. The fraction of sp³-hybridized carbons (Fsp3) is 0.429. The van der Waals surface area contributed by atoms with Gasteiger partial charge in [0.05, 0.1) is 5.69 Å². The number of rotatable bonds is 5. The van der Waals surface area contributed by atoms with Crippen molar-refractivity contribution in [2.45, 2.75) is 103 Å². The number of benzene rings is 3. The molecule has 4 aliphatic carbocycles. The maximum atomic E-state index is 14.8. The molecule has 10 heteroatoms. The molecule has 2 aromatic heterocycles. The molecular formula is C42H44F4N4O2. The second kappa shape index (κ2) is 11.4. The molecule has 0 unspecified atom stereocenters. The number of aromatic amines is 1. The maximum absolute atomic E-state index is 14.8. The minimum Gasteiger partial charge on any atom is -0.294 e. The molecule has 2 heterocycles. The molecule has 0 aliphatic heterocycles. The van der Waals surface area contributed by atoms with Crippen molar-refractivity contribution in [2.75, 3.05) is 0 Å². The number of hydrogen-bond acceptors (Lipinski definition) is 2. The van der Waals surface area contributed by atoms with Crippen LogP contribution in [0.3, 0.4) is 0 Å². The molecule has 52 heavy (non-hydrogen) atoms. The van der Waals surface area contributed by atoms with Crippen LogP contribution in [-0.4, -0.2) is 19.1 Å². The summed E-state index contributed by atoms with van der Waals surface area (Å²) in [6, 6.07) is 16.8. The lowest BCUT2D eigenvalue weighted by atomic mass is 9.70. The van der Waals surface area contributed by atoms with Crippen LogP contribution in [0.4, 0.5) is 17.6 Å². The highest BCUT2D eigenvalue weighted by Gasteiger charge is 2.63. The third-order valence-corrected chi connectivity index (χ3v) is 14.1. The normalized spacial score (nSPS) is 25.6. The zero-order chi connectivity index (χ0) is 37.1. The molecule has 2 fully saturated rings. The molecule has 4 aliphatic rings. The van der Waals surface area contributed by atoms with Gasteiger partial charge in [0.15, 0.2) is 11.6 Å². The van der Waals surface area contributed by atoms with Crippen molar-refractivity contribution in [3.8, 4) is 11.4 Å². The van der Waals surface area contributed by atoms with E-state index in [1.165, 1.54) is 27.6 Å². The SMILES string of the molecule is CC1(C)[C@@H]2CC[C@@]1(C)c1[nH]n(-c3ccc(F)cc3F)c(=O)c12.CC1(C)[C@@H]2CC[C@@]1(C)c1c2c(=O)n(-c2ccc(F)cc2F)n1CCc1ccccc1. The molecule has 4 atom stereocenters. The lowest BCUT2D eigenvalue weighted by Crippen LogP contribution is -2.36. The molecule has 4 bridgehead atoms. The van der Waals surface area contributed by atoms with Crippen molar-refractivity contribution in [2.24, 2.45) is 10.8 Å². The van der Waals surface area contributed by atoms with Crippen LogP contribution in [0.2, 0.25) is 0 Å². The van der Waals surface area contributed by atoms with Gasteiger partial charge in [0, 0.05) is 46.3 Å². The molecule has 3 aromatic carbocycles. The van der Waals surface area contributed by atoms with E-state index in [0.29, 0.717) is 6.54 Å². The first-order valence-corrected chi connectivity index (χ1v) is 18.2. The van der Waals surface area contributed by atoms with Gasteiger partial charge < -0.3 is 0 Å². The van der Waals surface area contributed by atoms with E-state index in [2.05, 4.69) is 58.8 Å². The van der Waals surface area contributed by atoms with Crippen LogP contribution >= 0.6 is 0 Å². The van der Waals surface area contributed by atoms with Gasteiger partial charge in [-0.2, -0.15) is 0 Å². The van der Waals surface area contributed by atoms with Gasteiger partial charge >= 0.3 is 0 Å². The Bertz CT molecular complexity index is 2370. The van der Waals surface area contributed by atoms with Gasteiger partial charge in [-0.05, 0) is 84.6 Å². The predicted octanol–water partition coefficient (Wildman–Crippen LogP) is 8.95. The van der Waals surface area contributed by atoms with Crippen LogP contribution in [-0.2, 0) is 23.8 Å². The Kier molecular flexibility index (Phi) is 7.59. The molecule has 0 amide bonds. The van der Waals surface area contributed by atoms with Crippen molar-refractivity contribution in [1.29, 1.82) is 0 Å². The molecule has 0 radical (unpaired) electrons. The van der Waals surface area contributed by atoms with Gasteiger partial charge in [0.2, 0.25) is 0 Å². The van der Waals surface area contributed by atoms with Crippen LogP contribution in [0.1, 0.15) is 107 Å². The van der Waals surface area contributed by atoms with Crippen LogP contribution in [0.15, 0.2) is 76.3 Å². The Morgan fingerprint density at radius 2 is 1.25 bits per heavy atom. The first-order chi connectivity index (χ1) is 24.5. The summed E-state index contributed by atoms with van der Waals surface area (Å²) in [6.45, 7) is 13.8. The highest BCUT2D eigenvalue weighted by Crippen LogP contribution is 2.68. The number of fused-ring (bicyclic) bond motifs is 10. The first kappa shape index (κ1) is 34.5. The van der Waals surface area contributed by atoms with Crippen molar-refractivity contribution in [3.05, 3.63) is 139 Å². The Hall–Kier alpha value is -4.60. The molecule has 6 nitrogen and oxygen atoms in total. The number of hydrogen-bond donors (Lipinski definition) is 1. The van der Waals surface area contributed by atoms with E-state index in [4.69, 9.17) is 0 Å². The molecule has 0 spiro atoms. The number of aryl methyl sites for hydroxylation is 1. The highest BCUT2D eigenvalue weighted by molar-refractivity contribution is 5.49. The quantitative estimate of drug-likeness (QED) is 0.185. The summed E-state index contributed by atoms with van der Waals surface area (Å²) in [7, 11) is 0. The zero-order valence-corrected chi connectivity index (χ0v) is 30.4. The third kappa shape index (κ3) is 4.54. The van der Waals surface area contributed by atoms with Crippen molar-refractivity contribution in [3.63, 3.8) is 0 Å². The van der Waals surface area contributed by atoms with E-state index >= 15 is 0 Å². The van der Waals surface area contributed by atoms with Gasteiger partial charge in [0.25, 0.3) is 11.1 Å². The molecule has 1 N–H and O–H groups in total. The predicted molar refractivity (Wildman–Crippen MR) is 193 cm³/mol.